The van der Waals surface area contributed by atoms with Gasteiger partial charge in [0, 0.05) is 11.1 Å². The number of hydrogen-bond donors (Lipinski definition) is 1. The molecule has 1 aliphatic rings. The first-order chi connectivity index (χ1) is 9.14. The van der Waals surface area contributed by atoms with E-state index in [0.29, 0.717) is 11.5 Å². The molecule has 1 nitrogen and oxygen atoms in total. The van der Waals surface area contributed by atoms with Crippen molar-refractivity contribution in [2.75, 3.05) is 6.54 Å². The van der Waals surface area contributed by atoms with Crippen LogP contribution in [0, 0.1) is 5.41 Å². The van der Waals surface area contributed by atoms with E-state index in [9.17, 15) is 0 Å². The average molecular weight is 280 g/mol. The molecular weight excluding hydrogens is 254 g/mol. The number of rotatable bonds is 6. The molecule has 1 saturated carbocycles. The zero-order valence-electron chi connectivity index (χ0n) is 12.2. The molecule has 2 rings (SSSR count). The largest absolute Gasteiger partial charge is 0.313 e. The third kappa shape index (κ3) is 3.97. The van der Waals surface area contributed by atoms with Gasteiger partial charge in [-0.25, -0.2) is 0 Å². The summed E-state index contributed by atoms with van der Waals surface area (Å²) in [7, 11) is 0. The van der Waals surface area contributed by atoms with E-state index < -0.39 is 0 Å². The minimum Gasteiger partial charge on any atom is -0.313 e. The van der Waals surface area contributed by atoms with Crippen LogP contribution in [0.4, 0.5) is 0 Å². The highest BCUT2D eigenvalue weighted by molar-refractivity contribution is 6.30. The number of halogens is 1. The minimum absolute atomic E-state index is 0.456. The van der Waals surface area contributed by atoms with Crippen molar-refractivity contribution in [3.63, 3.8) is 0 Å². The molecule has 1 N–H and O–H groups in total. The highest BCUT2D eigenvalue weighted by Gasteiger charge is 2.36. The molecular formula is C17H26ClN. The summed E-state index contributed by atoms with van der Waals surface area (Å²) in [4.78, 5) is 0. The quantitative estimate of drug-likeness (QED) is 0.786. The molecule has 0 amide bonds. The number of benzene rings is 1. The molecule has 0 spiro atoms. The Bertz CT molecular complexity index is 396. The smallest absolute Gasteiger partial charge is 0.0408 e. The second-order valence-corrected chi connectivity index (χ2v) is 6.64. The van der Waals surface area contributed by atoms with Crippen LogP contribution in [0.2, 0.25) is 5.02 Å². The Balaban J connectivity index is 2.09. The van der Waals surface area contributed by atoms with Crippen LogP contribution in [0.1, 0.15) is 51.5 Å². The van der Waals surface area contributed by atoms with Crippen LogP contribution in [-0.2, 0) is 6.42 Å². The maximum absolute atomic E-state index is 6.11. The van der Waals surface area contributed by atoms with Crippen molar-refractivity contribution >= 4 is 11.6 Å². The van der Waals surface area contributed by atoms with E-state index in [1.807, 2.05) is 6.07 Å². The van der Waals surface area contributed by atoms with Crippen LogP contribution in [0.25, 0.3) is 0 Å². The van der Waals surface area contributed by atoms with Gasteiger partial charge in [0.05, 0.1) is 0 Å². The summed E-state index contributed by atoms with van der Waals surface area (Å²) in [5.74, 6) is 0. The van der Waals surface area contributed by atoms with E-state index in [4.69, 9.17) is 11.6 Å². The molecule has 1 aliphatic carbocycles. The van der Waals surface area contributed by atoms with Crippen LogP contribution in [-0.4, -0.2) is 12.6 Å². The Morgan fingerprint density at radius 1 is 1.32 bits per heavy atom. The van der Waals surface area contributed by atoms with Crippen molar-refractivity contribution in [2.45, 2.75) is 58.4 Å². The zero-order chi connectivity index (χ0) is 13.7. The van der Waals surface area contributed by atoms with Gasteiger partial charge in [-0.3, -0.25) is 0 Å². The first-order valence-corrected chi connectivity index (χ1v) is 8.00. The summed E-state index contributed by atoms with van der Waals surface area (Å²) >= 11 is 6.11. The summed E-state index contributed by atoms with van der Waals surface area (Å²) in [5, 5.41) is 4.63. The van der Waals surface area contributed by atoms with Gasteiger partial charge in [-0.05, 0) is 55.3 Å². The van der Waals surface area contributed by atoms with Crippen LogP contribution in [0.3, 0.4) is 0 Å². The lowest BCUT2D eigenvalue weighted by Gasteiger charge is -2.35. The first kappa shape index (κ1) is 14.9. The Morgan fingerprint density at radius 3 is 2.68 bits per heavy atom. The summed E-state index contributed by atoms with van der Waals surface area (Å²) in [6.45, 7) is 5.80. The summed E-state index contributed by atoms with van der Waals surface area (Å²) in [6, 6.07) is 8.90. The molecule has 0 aromatic heterocycles. The molecule has 1 aromatic rings. The maximum Gasteiger partial charge on any atom is 0.0408 e. The molecule has 1 atom stereocenters. The molecule has 19 heavy (non-hydrogen) atoms. The molecule has 0 bridgehead atoms. The van der Waals surface area contributed by atoms with Gasteiger partial charge in [0.25, 0.3) is 0 Å². The first-order valence-electron chi connectivity index (χ1n) is 7.62. The highest BCUT2D eigenvalue weighted by atomic mass is 35.5. The van der Waals surface area contributed by atoms with E-state index in [2.05, 4.69) is 37.4 Å². The van der Waals surface area contributed by atoms with Crippen molar-refractivity contribution in [3.05, 3.63) is 34.9 Å². The van der Waals surface area contributed by atoms with Crippen LogP contribution in [0.15, 0.2) is 24.3 Å². The van der Waals surface area contributed by atoms with Gasteiger partial charge < -0.3 is 5.32 Å². The highest BCUT2D eigenvalue weighted by Crippen LogP contribution is 2.41. The van der Waals surface area contributed by atoms with E-state index in [1.165, 1.54) is 37.7 Å². The van der Waals surface area contributed by atoms with E-state index in [1.54, 1.807) is 0 Å². The summed E-state index contributed by atoms with van der Waals surface area (Å²) in [6.07, 6.45) is 7.77. The monoisotopic (exact) mass is 279 g/mol. The normalized spacial score (nSPS) is 19.5. The lowest BCUT2D eigenvalue weighted by Crippen LogP contribution is -2.44. The third-order valence-corrected chi connectivity index (χ3v) is 4.79. The fraction of sp³-hybridized carbons (Fsp3) is 0.647. The summed E-state index contributed by atoms with van der Waals surface area (Å²) in [5.41, 5.74) is 1.81. The summed E-state index contributed by atoms with van der Waals surface area (Å²) < 4.78 is 0. The number of nitrogens with one attached hydrogen (secondary N) is 1. The third-order valence-electron chi connectivity index (χ3n) is 4.56. The molecule has 1 aromatic carbocycles. The SMILES string of the molecule is CCCNC(Cc1cccc(Cl)c1)C1(C)CCCC1. The lowest BCUT2D eigenvalue weighted by molar-refractivity contribution is 0.219. The maximum atomic E-state index is 6.11. The Kier molecular flexibility index (Phi) is 5.29. The average Bonchev–Trinajstić information content (AvgIpc) is 2.82. The van der Waals surface area contributed by atoms with Gasteiger partial charge in [0.2, 0.25) is 0 Å². The van der Waals surface area contributed by atoms with Gasteiger partial charge in [-0.1, -0.05) is 50.4 Å². The van der Waals surface area contributed by atoms with Gasteiger partial charge >= 0.3 is 0 Å². The Morgan fingerprint density at radius 2 is 2.05 bits per heavy atom. The number of hydrogen-bond acceptors (Lipinski definition) is 1. The second kappa shape index (κ2) is 6.76. The van der Waals surface area contributed by atoms with E-state index in [-0.39, 0.29) is 0 Å². The molecule has 1 fully saturated rings. The van der Waals surface area contributed by atoms with Crippen molar-refractivity contribution in [2.24, 2.45) is 5.41 Å². The van der Waals surface area contributed by atoms with Gasteiger partial charge in [-0.15, -0.1) is 0 Å². The molecule has 0 radical (unpaired) electrons. The second-order valence-electron chi connectivity index (χ2n) is 6.20. The Hall–Kier alpha value is -0.530. The zero-order valence-corrected chi connectivity index (χ0v) is 13.0. The van der Waals surface area contributed by atoms with Crippen LogP contribution < -0.4 is 5.32 Å². The van der Waals surface area contributed by atoms with Gasteiger partial charge in [0.1, 0.15) is 0 Å². The van der Waals surface area contributed by atoms with Gasteiger partial charge in [0.15, 0.2) is 0 Å². The van der Waals surface area contributed by atoms with Crippen LogP contribution >= 0.6 is 11.6 Å². The molecule has 0 saturated heterocycles. The Labute approximate surface area is 122 Å². The molecule has 0 aliphatic heterocycles. The van der Waals surface area contributed by atoms with Crippen molar-refractivity contribution in [3.8, 4) is 0 Å². The minimum atomic E-state index is 0.456. The standard InChI is InChI=1S/C17H26ClN/c1-3-11-19-16(17(2)9-4-5-10-17)13-14-7-6-8-15(18)12-14/h6-8,12,16,19H,3-5,9-11,13H2,1-2H3. The van der Waals surface area contributed by atoms with Crippen LogP contribution in [0.5, 0.6) is 0 Å². The van der Waals surface area contributed by atoms with E-state index in [0.717, 1.165) is 18.0 Å². The topological polar surface area (TPSA) is 12.0 Å². The van der Waals surface area contributed by atoms with Crippen molar-refractivity contribution in [1.82, 2.24) is 5.32 Å². The molecule has 2 heteroatoms. The van der Waals surface area contributed by atoms with Crippen molar-refractivity contribution < 1.29 is 0 Å². The molecule has 1 unspecified atom stereocenters. The van der Waals surface area contributed by atoms with E-state index >= 15 is 0 Å². The van der Waals surface area contributed by atoms with Gasteiger partial charge in [-0.2, -0.15) is 0 Å². The fourth-order valence-corrected chi connectivity index (χ4v) is 3.53. The predicted molar refractivity (Wildman–Crippen MR) is 83.8 cm³/mol. The fourth-order valence-electron chi connectivity index (χ4n) is 3.31. The predicted octanol–water partition coefficient (Wildman–Crippen LogP) is 4.83. The molecule has 106 valence electrons. The van der Waals surface area contributed by atoms with Crippen molar-refractivity contribution in [1.29, 1.82) is 0 Å². The lowest BCUT2D eigenvalue weighted by atomic mass is 9.77. The molecule has 0 heterocycles.